The Morgan fingerprint density at radius 1 is 1.36 bits per heavy atom. The van der Waals surface area contributed by atoms with E-state index in [0.29, 0.717) is 31.1 Å². The van der Waals surface area contributed by atoms with Crippen molar-refractivity contribution in [1.29, 1.82) is 0 Å². The Balaban J connectivity index is 0.00000176. The van der Waals surface area contributed by atoms with E-state index in [1.165, 1.54) is 9.96 Å². The minimum Gasteiger partial charge on any atom is -0.309 e. The predicted molar refractivity (Wildman–Crippen MR) is 71.4 cm³/mol. The van der Waals surface area contributed by atoms with Crippen molar-refractivity contribution in [1.82, 2.24) is 15.0 Å². The van der Waals surface area contributed by atoms with Crippen LogP contribution < -0.4 is 0 Å². The average molecular weight is 344 g/mol. The minimum atomic E-state index is -4.77. The van der Waals surface area contributed by atoms with Gasteiger partial charge in [0.2, 0.25) is 0 Å². The first-order valence-electron chi connectivity index (χ1n) is 6.58. The normalized spacial score (nSPS) is 28.0. The van der Waals surface area contributed by atoms with E-state index in [1.807, 2.05) is 0 Å². The second-order valence-electron chi connectivity index (χ2n) is 5.14. The van der Waals surface area contributed by atoms with Crippen molar-refractivity contribution < 1.29 is 31.7 Å². The molecule has 12 heteroatoms. The SMILES string of the molecule is O=C([C@@H]1CC[C@@H]2CN1C(=O)N2OS(=O)(=O)O)N1CCCO1.[Na]. The Hall–Kier alpha value is -0.430. The molecule has 22 heavy (non-hydrogen) atoms. The molecule has 0 saturated carbocycles. The molecule has 1 radical (unpaired) electrons. The molecule has 3 saturated heterocycles. The molecule has 3 aliphatic rings. The standard InChI is InChI=1S/C10H15N3O7S.Na/c14-9(12-4-1-5-19-12)8-3-2-7-6-11(8)10(15)13(7)20-21(16,17)18;/h7-8H,1-6H2,(H,16,17,18);/t7-,8+;/m1./s1. The van der Waals surface area contributed by atoms with Crippen molar-refractivity contribution in [3.8, 4) is 0 Å². The van der Waals surface area contributed by atoms with Gasteiger partial charge in [-0.2, -0.15) is 13.5 Å². The number of hydrogen-bond donors (Lipinski definition) is 1. The van der Waals surface area contributed by atoms with E-state index < -0.39 is 28.5 Å². The molecule has 10 nitrogen and oxygen atoms in total. The van der Waals surface area contributed by atoms with Crippen molar-refractivity contribution in [2.75, 3.05) is 19.7 Å². The van der Waals surface area contributed by atoms with Crippen LogP contribution in [0, 0.1) is 0 Å². The molecule has 3 heterocycles. The maximum absolute atomic E-state index is 12.3. The summed E-state index contributed by atoms with van der Waals surface area (Å²) in [7, 11) is -4.77. The fourth-order valence-electron chi connectivity index (χ4n) is 2.88. The van der Waals surface area contributed by atoms with Crippen LogP contribution in [0.2, 0.25) is 0 Å². The number of piperidine rings is 1. The first-order valence-corrected chi connectivity index (χ1v) is 7.94. The van der Waals surface area contributed by atoms with Crippen molar-refractivity contribution in [2.24, 2.45) is 0 Å². The number of urea groups is 1. The zero-order chi connectivity index (χ0) is 15.2. The summed E-state index contributed by atoms with van der Waals surface area (Å²) in [6.07, 6.45) is 1.54. The van der Waals surface area contributed by atoms with Crippen LogP contribution >= 0.6 is 0 Å². The summed E-state index contributed by atoms with van der Waals surface area (Å²) < 4.78 is 34.5. The molecule has 0 aliphatic carbocycles. The third-order valence-electron chi connectivity index (χ3n) is 3.78. The number of hydrogen-bond acceptors (Lipinski definition) is 6. The second-order valence-corrected chi connectivity index (χ2v) is 6.14. The maximum Gasteiger partial charge on any atom is 0.418 e. The number of fused-ring (bicyclic) bond motifs is 2. The molecule has 3 fully saturated rings. The summed E-state index contributed by atoms with van der Waals surface area (Å²) >= 11 is 0. The van der Waals surface area contributed by atoms with Gasteiger partial charge in [0, 0.05) is 36.1 Å². The van der Waals surface area contributed by atoms with Gasteiger partial charge in [0.25, 0.3) is 5.91 Å². The van der Waals surface area contributed by atoms with E-state index in [-0.39, 0.29) is 42.0 Å². The molecule has 3 amide bonds. The van der Waals surface area contributed by atoms with Crippen molar-refractivity contribution in [3.63, 3.8) is 0 Å². The Labute approximate surface area is 149 Å². The molecule has 0 aromatic carbocycles. The van der Waals surface area contributed by atoms with E-state index in [4.69, 9.17) is 9.39 Å². The first-order chi connectivity index (χ1) is 9.87. The molecule has 0 spiro atoms. The minimum absolute atomic E-state index is 0. The first kappa shape index (κ1) is 17.9. The fourth-order valence-corrected chi connectivity index (χ4v) is 3.26. The zero-order valence-electron chi connectivity index (χ0n) is 12.0. The van der Waals surface area contributed by atoms with Gasteiger partial charge < -0.3 is 4.90 Å². The smallest absolute Gasteiger partial charge is 0.309 e. The molecule has 2 atom stereocenters. The molecule has 0 aromatic rings. The summed E-state index contributed by atoms with van der Waals surface area (Å²) in [6.45, 7) is 1.12. The van der Waals surface area contributed by atoms with E-state index in [1.54, 1.807) is 0 Å². The Morgan fingerprint density at radius 3 is 2.68 bits per heavy atom. The number of carbonyl (C=O) groups excluding carboxylic acids is 2. The molecule has 0 unspecified atom stereocenters. The van der Waals surface area contributed by atoms with Gasteiger partial charge in [0.1, 0.15) is 6.04 Å². The van der Waals surface area contributed by atoms with Gasteiger partial charge in [-0.1, -0.05) is 0 Å². The summed E-state index contributed by atoms with van der Waals surface area (Å²) in [4.78, 5) is 30.9. The van der Waals surface area contributed by atoms with Gasteiger partial charge in [-0.3, -0.25) is 14.2 Å². The van der Waals surface area contributed by atoms with Gasteiger partial charge in [-0.15, -0.1) is 4.28 Å². The average Bonchev–Trinajstić information content (AvgIpc) is 3.01. The third-order valence-corrected chi connectivity index (χ3v) is 4.13. The third kappa shape index (κ3) is 3.40. The van der Waals surface area contributed by atoms with Crippen LogP contribution in [-0.2, 0) is 24.3 Å². The second kappa shape index (κ2) is 6.59. The van der Waals surface area contributed by atoms with Crippen LogP contribution in [0.1, 0.15) is 19.3 Å². The van der Waals surface area contributed by atoms with E-state index >= 15 is 0 Å². The summed E-state index contributed by atoms with van der Waals surface area (Å²) in [6, 6.07) is -1.93. The van der Waals surface area contributed by atoms with Crippen LogP contribution in [0.5, 0.6) is 0 Å². The zero-order valence-corrected chi connectivity index (χ0v) is 14.9. The monoisotopic (exact) mass is 344 g/mol. The molecule has 3 aliphatic heterocycles. The predicted octanol–water partition coefficient (Wildman–Crippen LogP) is -1.23. The number of nitrogens with zero attached hydrogens (tertiary/aromatic N) is 3. The topological polar surface area (TPSA) is 117 Å². The Bertz CT molecular complexity index is 565. The van der Waals surface area contributed by atoms with Crippen LogP contribution in [0.4, 0.5) is 4.79 Å². The number of carbonyl (C=O) groups is 2. The quantitative estimate of drug-likeness (QED) is 0.503. The number of amides is 3. The van der Waals surface area contributed by atoms with E-state index in [2.05, 4.69) is 4.28 Å². The largest absolute Gasteiger partial charge is 0.418 e. The van der Waals surface area contributed by atoms with Crippen molar-refractivity contribution in [2.45, 2.75) is 31.3 Å². The van der Waals surface area contributed by atoms with E-state index in [0.717, 1.165) is 6.42 Å². The summed E-state index contributed by atoms with van der Waals surface area (Å²) in [5.74, 6) is -0.312. The van der Waals surface area contributed by atoms with E-state index in [9.17, 15) is 18.0 Å². The Morgan fingerprint density at radius 2 is 2.09 bits per heavy atom. The van der Waals surface area contributed by atoms with Crippen LogP contribution in [0.3, 0.4) is 0 Å². The van der Waals surface area contributed by atoms with Gasteiger partial charge in [0.15, 0.2) is 0 Å². The molecule has 1 N–H and O–H groups in total. The van der Waals surface area contributed by atoms with Crippen molar-refractivity contribution >= 4 is 51.9 Å². The molecular weight excluding hydrogens is 329 g/mol. The van der Waals surface area contributed by atoms with Gasteiger partial charge in [0.05, 0.1) is 19.2 Å². The summed E-state index contributed by atoms with van der Waals surface area (Å²) in [5.41, 5.74) is 0. The molecule has 2 bridgehead atoms. The molecule has 3 rings (SSSR count). The molecular formula is C10H15N3NaO7S. The van der Waals surface area contributed by atoms with Crippen LogP contribution in [0.15, 0.2) is 0 Å². The fraction of sp³-hybridized carbons (Fsp3) is 0.800. The van der Waals surface area contributed by atoms with Crippen LogP contribution in [-0.4, -0.2) is 101 Å². The number of rotatable bonds is 3. The molecule has 0 aromatic heterocycles. The van der Waals surface area contributed by atoms with Gasteiger partial charge in [-0.05, 0) is 19.3 Å². The Kier molecular flexibility index (Phi) is 5.37. The van der Waals surface area contributed by atoms with Crippen LogP contribution in [0.25, 0.3) is 0 Å². The van der Waals surface area contributed by atoms with Gasteiger partial charge in [-0.25, -0.2) is 9.86 Å². The molecule has 119 valence electrons. The summed E-state index contributed by atoms with van der Waals surface area (Å²) in [5, 5.41) is 1.86. The van der Waals surface area contributed by atoms with Gasteiger partial charge >= 0.3 is 16.4 Å². The number of hydroxylamine groups is 4. The maximum atomic E-state index is 12.3. The van der Waals surface area contributed by atoms with Crippen molar-refractivity contribution in [3.05, 3.63) is 0 Å².